The molecule has 0 unspecified atom stereocenters. The van der Waals surface area contributed by atoms with E-state index in [0.29, 0.717) is 0 Å². The molecule has 0 spiro atoms. The standard InChI is InChI=1S/C24H24N6O/c1-16-23(17(2)29-28-16)12-18-4-7-21(8-5-18)27-24(31)9-6-19-13-25-11-10-22(19)20-14-26-30(3)15-20/h4-11,13-15H,12H2,1-3H3,(H,27,31)(H,28,29)/b9-6+. The number of hydrogen-bond donors (Lipinski definition) is 2. The highest BCUT2D eigenvalue weighted by Gasteiger charge is 2.08. The van der Waals surface area contributed by atoms with Crippen LogP contribution in [0, 0.1) is 13.8 Å². The molecule has 1 amide bonds. The number of anilines is 1. The Kier molecular flexibility index (Phi) is 5.75. The number of rotatable bonds is 6. The fourth-order valence-corrected chi connectivity index (χ4v) is 3.46. The Balaban J connectivity index is 1.42. The first-order chi connectivity index (χ1) is 15.0. The quantitative estimate of drug-likeness (QED) is 0.467. The number of nitrogens with one attached hydrogen (secondary N) is 2. The van der Waals surface area contributed by atoms with Gasteiger partial charge >= 0.3 is 0 Å². The maximum Gasteiger partial charge on any atom is 0.248 e. The van der Waals surface area contributed by atoms with Crippen molar-refractivity contribution in [3.8, 4) is 11.1 Å². The van der Waals surface area contributed by atoms with E-state index in [1.54, 1.807) is 29.3 Å². The number of amides is 1. The van der Waals surface area contributed by atoms with Gasteiger partial charge in [0.05, 0.1) is 11.9 Å². The molecule has 0 saturated carbocycles. The minimum atomic E-state index is -0.199. The summed E-state index contributed by atoms with van der Waals surface area (Å²) in [6.45, 7) is 4.03. The average molecular weight is 412 g/mol. The molecule has 3 aromatic heterocycles. The summed E-state index contributed by atoms with van der Waals surface area (Å²) in [5.41, 5.74) is 8.02. The summed E-state index contributed by atoms with van der Waals surface area (Å²) >= 11 is 0. The van der Waals surface area contributed by atoms with Crippen molar-refractivity contribution in [3.05, 3.63) is 89.3 Å². The predicted octanol–water partition coefficient (Wildman–Crippen LogP) is 4.06. The van der Waals surface area contributed by atoms with Gasteiger partial charge < -0.3 is 5.32 Å². The summed E-state index contributed by atoms with van der Waals surface area (Å²) in [4.78, 5) is 16.6. The van der Waals surface area contributed by atoms with Gasteiger partial charge in [0.2, 0.25) is 5.91 Å². The van der Waals surface area contributed by atoms with Crippen molar-refractivity contribution in [3.63, 3.8) is 0 Å². The van der Waals surface area contributed by atoms with Crippen molar-refractivity contribution in [2.24, 2.45) is 7.05 Å². The Labute approximate surface area is 180 Å². The Morgan fingerprint density at radius 3 is 2.65 bits per heavy atom. The lowest BCUT2D eigenvalue weighted by Gasteiger charge is -2.06. The Bertz CT molecular complexity index is 1210. The minimum absolute atomic E-state index is 0.199. The van der Waals surface area contributed by atoms with E-state index in [0.717, 1.165) is 45.7 Å². The first-order valence-electron chi connectivity index (χ1n) is 10.0. The highest BCUT2D eigenvalue weighted by Crippen LogP contribution is 2.23. The lowest BCUT2D eigenvalue weighted by Crippen LogP contribution is -2.07. The molecule has 0 radical (unpaired) electrons. The van der Waals surface area contributed by atoms with Gasteiger partial charge in [0.25, 0.3) is 0 Å². The summed E-state index contributed by atoms with van der Waals surface area (Å²) < 4.78 is 1.74. The van der Waals surface area contributed by atoms with Gasteiger partial charge in [0, 0.05) is 66.2 Å². The van der Waals surface area contributed by atoms with Crippen LogP contribution in [0.2, 0.25) is 0 Å². The van der Waals surface area contributed by atoms with Crippen molar-refractivity contribution in [2.45, 2.75) is 20.3 Å². The molecular weight excluding hydrogens is 388 g/mol. The molecule has 0 aliphatic heterocycles. The van der Waals surface area contributed by atoms with Crippen LogP contribution in [0.1, 0.15) is 28.1 Å². The smallest absolute Gasteiger partial charge is 0.248 e. The first-order valence-corrected chi connectivity index (χ1v) is 10.0. The van der Waals surface area contributed by atoms with Crippen molar-refractivity contribution in [2.75, 3.05) is 5.32 Å². The monoisotopic (exact) mass is 412 g/mol. The number of H-pyrrole nitrogens is 1. The van der Waals surface area contributed by atoms with Crippen molar-refractivity contribution < 1.29 is 4.79 Å². The lowest BCUT2D eigenvalue weighted by atomic mass is 10.0. The minimum Gasteiger partial charge on any atom is -0.323 e. The van der Waals surface area contributed by atoms with Crippen LogP contribution in [0.25, 0.3) is 17.2 Å². The summed E-state index contributed by atoms with van der Waals surface area (Å²) in [5, 5.41) is 14.4. The number of aromatic amines is 1. The number of carbonyl (C=O) groups excluding carboxylic acids is 1. The molecule has 7 nitrogen and oxygen atoms in total. The van der Waals surface area contributed by atoms with Crippen LogP contribution < -0.4 is 5.32 Å². The van der Waals surface area contributed by atoms with Crippen molar-refractivity contribution in [1.82, 2.24) is 25.0 Å². The predicted molar refractivity (Wildman–Crippen MR) is 121 cm³/mol. The highest BCUT2D eigenvalue weighted by atomic mass is 16.1. The van der Waals surface area contributed by atoms with E-state index < -0.39 is 0 Å². The van der Waals surface area contributed by atoms with E-state index in [9.17, 15) is 4.79 Å². The molecule has 4 rings (SSSR count). The maximum atomic E-state index is 12.4. The van der Waals surface area contributed by atoms with Crippen LogP contribution in [0.15, 0.2) is 61.2 Å². The number of carbonyl (C=O) groups is 1. The van der Waals surface area contributed by atoms with Gasteiger partial charge in [-0.25, -0.2) is 0 Å². The van der Waals surface area contributed by atoms with E-state index >= 15 is 0 Å². The summed E-state index contributed by atoms with van der Waals surface area (Å²) in [7, 11) is 1.87. The first kappa shape index (κ1) is 20.3. The van der Waals surface area contributed by atoms with Gasteiger partial charge in [-0.2, -0.15) is 10.2 Å². The summed E-state index contributed by atoms with van der Waals surface area (Å²) in [5.74, 6) is -0.199. The largest absolute Gasteiger partial charge is 0.323 e. The van der Waals surface area contributed by atoms with Crippen LogP contribution in [0.5, 0.6) is 0 Å². The number of aryl methyl sites for hydroxylation is 3. The van der Waals surface area contributed by atoms with Gasteiger partial charge in [-0.05, 0) is 49.2 Å². The molecule has 156 valence electrons. The van der Waals surface area contributed by atoms with Gasteiger partial charge in [-0.3, -0.25) is 19.6 Å². The molecule has 2 N–H and O–H groups in total. The van der Waals surface area contributed by atoms with E-state index in [4.69, 9.17) is 0 Å². The van der Waals surface area contributed by atoms with E-state index in [1.807, 2.05) is 57.4 Å². The van der Waals surface area contributed by atoms with E-state index in [2.05, 4.69) is 25.6 Å². The number of aromatic nitrogens is 5. The Morgan fingerprint density at radius 1 is 1.16 bits per heavy atom. The molecular formula is C24H24N6O. The van der Waals surface area contributed by atoms with Gasteiger partial charge in [0.15, 0.2) is 0 Å². The molecule has 0 fully saturated rings. The van der Waals surface area contributed by atoms with Gasteiger partial charge in [-0.15, -0.1) is 0 Å². The fraction of sp³-hybridized carbons (Fsp3) is 0.167. The van der Waals surface area contributed by atoms with Crippen LogP contribution >= 0.6 is 0 Å². The second kappa shape index (κ2) is 8.79. The molecule has 1 aromatic carbocycles. The zero-order chi connectivity index (χ0) is 21.8. The Morgan fingerprint density at radius 2 is 1.97 bits per heavy atom. The third-order valence-corrected chi connectivity index (χ3v) is 5.17. The maximum absolute atomic E-state index is 12.4. The molecule has 7 heteroatoms. The van der Waals surface area contributed by atoms with Crippen LogP contribution in [-0.4, -0.2) is 30.9 Å². The molecule has 0 saturated heterocycles. The topological polar surface area (TPSA) is 88.5 Å². The van der Waals surface area contributed by atoms with Gasteiger partial charge in [-0.1, -0.05) is 12.1 Å². The zero-order valence-electron chi connectivity index (χ0n) is 17.8. The number of benzene rings is 1. The van der Waals surface area contributed by atoms with Crippen molar-refractivity contribution >= 4 is 17.7 Å². The summed E-state index contributed by atoms with van der Waals surface area (Å²) in [6, 6.07) is 9.78. The Hall–Kier alpha value is -4.00. The molecule has 0 aliphatic rings. The van der Waals surface area contributed by atoms with Crippen LogP contribution in [0.4, 0.5) is 5.69 Å². The lowest BCUT2D eigenvalue weighted by molar-refractivity contribution is -0.111. The molecule has 0 bridgehead atoms. The molecule has 0 atom stereocenters. The van der Waals surface area contributed by atoms with E-state index in [1.165, 1.54) is 11.6 Å². The third kappa shape index (κ3) is 4.78. The fourth-order valence-electron chi connectivity index (χ4n) is 3.46. The number of pyridine rings is 1. The second-order valence-corrected chi connectivity index (χ2v) is 7.47. The zero-order valence-corrected chi connectivity index (χ0v) is 17.8. The molecule has 4 aromatic rings. The highest BCUT2D eigenvalue weighted by molar-refractivity contribution is 6.02. The molecule has 0 aliphatic carbocycles. The normalized spacial score (nSPS) is 11.2. The average Bonchev–Trinajstić information content (AvgIpc) is 3.34. The van der Waals surface area contributed by atoms with Crippen LogP contribution in [-0.2, 0) is 18.3 Å². The van der Waals surface area contributed by atoms with E-state index in [-0.39, 0.29) is 5.91 Å². The molecule has 3 heterocycles. The molecule has 31 heavy (non-hydrogen) atoms. The third-order valence-electron chi connectivity index (χ3n) is 5.17. The SMILES string of the molecule is Cc1n[nH]c(C)c1Cc1ccc(NC(=O)/C=C/c2cnccc2-c2cnn(C)c2)cc1. The summed E-state index contributed by atoms with van der Waals surface area (Å²) in [6.07, 6.45) is 11.3. The second-order valence-electron chi connectivity index (χ2n) is 7.47. The van der Waals surface area contributed by atoms with Gasteiger partial charge in [0.1, 0.15) is 0 Å². The number of hydrogen-bond acceptors (Lipinski definition) is 4. The number of nitrogens with zero attached hydrogens (tertiary/aromatic N) is 4. The van der Waals surface area contributed by atoms with Crippen molar-refractivity contribution in [1.29, 1.82) is 0 Å². The van der Waals surface area contributed by atoms with Crippen LogP contribution in [0.3, 0.4) is 0 Å².